The lowest BCUT2D eigenvalue weighted by molar-refractivity contribution is -0.121. The molecule has 1 amide bonds. The molecule has 0 atom stereocenters. The molecule has 4 heteroatoms. The topological polar surface area (TPSA) is 50.4 Å². The highest BCUT2D eigenvalue weighted by atomic mass is 16.5. The van der Waals surface area contributed by atoms with Crippen molar-refractivity contribution in [3.63, 3.8) is 0 Å². The number of hydrogen-bond donors (Lipinski definition) is 2. The highest BCUT2D eigenvalue weighted by Gasteiger charge is 2.05. The van der Waals surface area contributed by atoms with Gasteiger partial charge in [-0.3, -0.25) is 4.79 Å². The van der Waals surface area contributed by atoms with Crippen LogP contribution < -0.4 is 10.6 Å². The van der Waals surface area contributed by atoms with E-state index in [0.717, 1.165) is 32.4 Å². The van der Waals surface area contributed by atoms with E-state index in [2.05, 4.69) is 28.8 Å². The number of nitrogens with one attached hydrogen (secondary N) is 2. The van der Waals surface area contributed by atoms with Gasteiger partial charge in [0.2, 0.25) is 5.91 Å². The molecule has 1 aliphatic heterocycles. The summed E-state index contributed by atoms with van der Waals surface area (Å²) in [6, 6.07) is 10.3. The molecule has 2 N–H and O–H groups in total. The molecule has 22 heavy (non-hydrogen) atoms. The van der Waals surface area contributed by atoms with E-state index in [1.807, 2.05) is 18.2 Å². The van der Waals surface area contributed by atoms with E-state index in [4.69, 9.17) is 4.74 Å². The standard InChI is InChI=1S/C18H26N2O2/c21-18(20-15-17-8-11-19-12-9-17)7-4-13-22-14-10-16-5-2-1-3-6-16/h1-3,5-6,8,19H,4,7,9-15H2,(H,20,21). The summed E-state index contributed by atoms with van der Waals surface area (Å²) in [7, 11) is 0. The van der Waals surface area contributed by atoms with Gasteiger partial charge in [-0.25, -0.2) is 0 Å². The van der Waals surface area contributed by atoms with E-state index in [1.54, 1.807) is 0 Å². The first-order valence-corrected chi connectivity index (χ1v) is 8.11. The molecule has 1 heterocycles. The second kappa shape index (κ2) is 10.1. The molecule has 1 aromatic rings. The lowest BCUT2D eigenvalue weighted by Gasteiger charge is -2.14. The van der Waals surface area contributed by atoms with Gasteiger partial charge in [0, 0.05) is 26.1 Å². The Balaban J connectivity index is 1.46. The zero-order valence-corrected chi connectivity index (χ0v) is 13.1. The van der Waals surface area contributed by atoms with Gasteiger partial charge in [-0.1, -0.05) is 42.0 Å². The molecule has 0 unspecified atom stereocenters. The summed E-state index contributed by atoms with van der Waals surface area (Å²) in [5.74, 6) is 0.117. The van der Waals surface area contributed by atoms with Crippen molar-refractivity contribution in [2.75, 3.05) is 32.8 Å². The maximum absolute atomic E-state index is 11.7. The lowest BCUT2D eigenvalue weighted by atomic mass is 10.1. The van der Waals surface area contributed by atoms with Crippen molar-refractivity contribution in [1.82, 2.24) is 10.6 Å². The van der Waals surface area contributed by atoms with Crippen LogP contribution in [0, 0.1) is 0 Å². The Morgan fingerprint density at radius 2 is 2.09 bits per heavy atom. The molecule has 0 aromatic heterocycles. The number of amides is 1. The lowest BCUT2D eigenvalue weighted by Crippen LogP contribution is -2.29. The van der Waals surface area contributed by atoms with Crippen molar-refractivity contribution in [2.24, 2.45) is 0 Å². The number of carbonyl (C=O) groups excluding carboxylic acids is 1. The van der Waals surface area contributed by atoms with Gasteiger partial charge in [0.05, 0.1) is 6.61 Å². The third-order valence-corrected chi connectivity index (χ3v) is 3.74. The van der Waals surface area contributed by atoms with Crippen LogP contribution in [-0.4, -0.2) is 38.8 Å². The molecule has 0 saturated carbocycles. The van der Waals surface area contributed by atoms with Crippen LogP contribution in [0.5, 0.6) is 0 Å². The highest BCUT2D eigenvalue weighted by molar-refractivity contribution is 5.76. The first kappa shape index (κ1) is 16.7. The van der Waals surface area contributed by atoms with E-state index in [1.165, 1.54) is 11.1 Å². The van der Waals surface area contributed by atoms with E-state index in [9.17, 15) is 4.79 Å². The Kier molecular flexibility index (Phi) is 7.70. The Morgan fingerprint density at radius 3 is 2.86 bits per heavy atom. The SMILES string of the molecule is O=C(CCCOCCc1ccccc1)NCC1=CCNCC1. The molecule has 0 bridgehead atoms. The van der Waals surface area contributed by atoms with Crippen molar-refractivity contribution in [1.29, 1.82) is 0 Å². The van der Waals surface area contributed by atoms with Crippen molar-refractivity contribution < 1.29 is 9.53 Å². The van der Waals surface area contributed by atoms with Crippen LogP contribution in [0.2, 0.25) is 0 Å². The summed E-state index contributed by atoms with van der Waals surface area (Å²) >= 11 is 0. The van der Waals surface area contributed by atoms with Crippen LogP contribution in [0.25, 0.3) is 0 Å². The molecule has 0 radical (unpaired) electrons. The summed E-state index contributed by atoms with van der Waals surface area (Å²) in [6.07, 6.45) is 5.44. The summed E-state index contributed by atoms with van der Waals surface area (Å²) in [5, 5.41) is 6.24. The second-order valence-electron chi connectivity index (χ2n) is 5.54. The summed E-state index contributed by atoms with van der Waals surface area (Å²) in [4.78, 5) is 11.7. The van der Waals surface area contributed by atoms with Gasteiger partial charge in [0.1, 0.15) is 0 Å². The average Bonchev–Trinajstić information content (AvgIpc) is 2.58. The zero-order valence-electron chi connectivity index (χ0n) is 13.1. The fraction of sp³-hybridized carbons (Fsp3) is 0.500. The molecular formula is C18H26N2O2. The van der Waals surface area contributed by atoms with Crippen molar-refractivity contribution >= 4 is 5.91 Å². The van der Waals surface area contributed by atoms with Crippen LogP contribution in [0.1, 0.15) is 24.8 Å². The number of ether oxygens (including phenoxy) is 1. The first-order chi connectivity index (χ1) is 10.8. The van der Waals surface area contributed by atoms with Gasteiger partial charge in [-0.05, 0) is 31.4 Å². The quantitative estimate of drug-likeness (QED) is 0.542. The fourth-order valence-corrected chi connectivity index (χ4v) is 2.40. The predicted octanol–water partition coefficient (Wildman–Crippen LogP) is 2.06. The molecule has 0 spiro atoms. The average molecular weight is 302 g/mol. The second-order valence-corrected chi connectivity index (χ2v) is 5.54. The Bertz CT molecular complexity index is 471. The van der Waals surface area contributed by atoms with E-state index in [-0.39, 0.29) is 5.91 Å². The van der Waals surface area contributed by atoms with Crippen molar-refractivity contribution in [3.8, 4) is 0 Å². The molecule has 1 aromatic carbocycles. The third kappa shape index (κ3) is 6.87. The van der Waals surface area contributed by atoms with Gasteiger partial charge in [0.25, 0.3) is 0 Å². The van der Waals surface area contributed by atoms with E-state index < -0.39 is 0 Å². The van der Waals surface area contributed by atoms with Crippen LogP contribution in [0.15, 0.2) is 42.0 Å². The molecule has 0 saturated heterocycles. The number of carbonyl (C=O) groups is 1. The summed E-state index contributed by atoms with van der Waals surface area (Å²) < 4.78 is 5.58. The van der Waals surface area contributed by atoms with Crippen LogP contribution in [0.3, 0.4) is 0 Å². The Morgan fingerprint density at radius 1 is 1.23 bits per heavy atom. The monoisotopic (exact) mass is 302 g/mol. The zero-order chi connectivity index (χ0) is 15.5. The fourth-order valence-electron chi connectivity index (χ4n) is 2.40. The third-order valence-electron chi connectivity index (χ3n) is 3.74. The predicted molar refractivity (Wildman–Crippen MR) is 88.8 cm³/mol. The number of rotatable bonds is 9. The molecule has 120 valence electrons. The molecule has 0 aliphatic carbocycles. The van der Waals surface area contributed by atoms with Gasteiger partial charge >= 0.3 is 0 Å². The van der Waals surface area contributed by atoms with Crippen molar-refractivity contribution in [3.05, 3.63) is 47.5 Å². The van der Waals surface area contributed by atoms with Crippen LogP contribution >= 0.6 is 0 Å². The van der Waals surface area contributed by atoms with Crippen molar-refractivity contribution in [2.45, 2.75) is 25.7 Å². The molecule has 4 nitrogen and oxygen atoms in total. The maximum atomic E-state index is 11.7. The van der Waals surface area contributed by atoms with Gasteiger partial charge in [0.15, 0.2) is 0 Å². The molecule has 0 fully saturated rings. The van der Waals surface area contributed by atoms with Gasteiger partial charge in [-0.2, -0.15) is 0 Å². The Hall–Kier alpha value is -1.65. The minimum atomic E-state index is 0.117. The number of hydrogen-bond acceptors (Lipinski definition) is 3. The normalized spacial score (nSPS) is 14.5. The molecular weight excluding hydrogens is 276 g/mol. The maximum Gasteiger partial charge on any atom is 0.220 e. The van der Waals surface area contributed by atoms with Gasteiger partial charge < -0.3 is 15.4 Å². The highest BCUT2D eigenvalue weighted by Crippen LogP contribution is 2.03. The first-order valence-electron chi connectivity index (χ1n) is 8.11. The molecule has 1 aliphatic rings. The van der Waals surface area contributed by atoms with Crippen LogP contribution in [-0.2, 0) is 16.0 Å². The van der Waals surface area contributed by atoms with E-state index in [0.29, 0.717) is 26.2 Å². The van der Waals surface area contributed by atoms with Crippen LogP contribution in [0.4, 0.5) is 0 Å². The minimum Gasteiger partial charge on any atom is -0.381 e. The van der Waals surface area contributed by atoms with E-state index >= 15 is 0 Å². The minimum absolute atomic E-state index is 0.117. The summed E-state index contributed by atoms with van der Waals surface area (Å²) in [5.41, 5.74) is 2.61. The molecule has 2 rings (SSSR count). The Labute approximate surface area is 132 Å². The number of benzene rings is 1. The van der Waals surface area contributed by atoms with Gasteiger partial charge in [-0.15, -0.1) is 0 Å². The summed E-state index contributed by atoms with van der Waals surface area (Å²) in [6.45, 7) is 3.98. The smallest absolute Gasteiger partial charge is 0.220 e. The largest absolute Gasteiger partial charge is 0.381 e.